The summed E-state index contributed by atoms with van der Waals surface area (Å²) in [6.07, 6.45) is 5.94. The van der Waals surface area contributed by atoms with E-state index in [1.165, 1.54) is 12.8 Å². The van der Waals surface area contributed by atoms with Crippen molar-refractivity contribution >= 4 is 29.0 Å². The van der Waals surface area contributed by atoms with Crippen LogP contribution < -0.4 is 0 Å². The highest BCUT2D eigenvalue weighted by Crippen LogP contribution is 2.44. The number of Topliss-reactive ketones (excluding diaryl/α,β-unsaturated/α-hetero) is 1. The predicted molar refractivity (Wildman–Crippen MR) is 85.5 cm³/mol. The number of hydrogen-bond acceptors (Lipinski definition) is 1. The molecule has 1 aliphatic carbocycles. The highest BCUT2D eigenvalue weighted by Gasteiger charge is 2.40. The highest BCUT2D eigenvalue weighted by atomic mass is 35.5. The zero-order valence-corrected chi connectivity index (χ0v) is 13.7. The third-order valence-electron chi connectivity index (χ3n) is 4.30. The number of halogens is 2. The molecular weight excluding hydrogens is 291 g/mol. The fourth-order valence-corrected chi connectivity index (χ4v) is 3.77. The molecule has 1 aromatic rings. The van der Waals surface area contributed by atoms with Crippen LogP contribution in [0.3, 0.4) is 0 Å². The van der Waals surface area contributed by atoms with Crippen LogP contribution in [-0.2, 0) is 11.2 Å². The van der Waals surface area contributed by atoms with Gasteiger partial charge < -0.3 is 0 Å². The van der Waals surface area contributed by atoms with Crippen LogP contribution in [0.2, 0.25) is 10.0 Å². The number of hydrogen-bond donors (Lipinski definition) is 0. The van der Waals surface area contributed by atoms with Crippen molar-refractivity contribution in [2.45, 2.75) is 52.4 Å². The third-order valence-corrected chi connectivity index (χ3v) is 5.04. The average molecular weight is 313 g/mol. The number of carbonyl (C=O) groups excluding carboxylic acids is 1. The van der Waals surface area contributed by atoms with E-state index >= 15 is 0 Å². The summed E-state index contributed by atoms with van der Waals surface area (Å²) >= 11 is 12.0. The fourth-order valence-electron chi connectivity index (χ4n) is 3.45. The molecule has 0 spiro atoms. The molecule has 0 N–H and O–H groups in total. The SMILES string of the molecule is CC(C)CC1(C(=O)Cc2ccc(Cl)c(Cl)c2)CCCC1. The maximum absolute atomic E-state index is 12.8. The smallest absolute Gasteiger partial charge is 0.143 e. The molecule has 3 heteroatoms. The molecule has 1 aromatic carbocycles. The molecule has 0 aliphatic heterocycles. The van der Waals surface area contributed by atoms with Gasteiger partial charge in [-0.2, -0.15) is 0 Å². The fraction of sp³-hybridized carbons (Fsp3) is 0.588. The van der Waals surface area contributed by atoms with E-state index in [2.05, 4.69) is 13.8 Å². The summed E-state index contributed by atoms with van der Waals surface area (Å²) in [6, 6.07) is 5.50. The lowest BCUT2D eigenvalue weighted by Crippen LogP contribution is -2.31. The zero-order valence-electron chi connectivity index (χ0n) is 12.2. The molecule has 2 rings (SSSR count). The quantitative estimate of drug-likeness (QED) is 0.680. The molecule has 0 unspecified atom stereocenters. The Morgan fingerprint density at radius 1 is 1.20 bits per heavy atom. The second-order valence-corrected chi connectivity index (χ2v) is 7.25. The van der Waals surface area contributed by atoms with Crippen LogP contribution in [-0.4, -0.2) is 5.78 Å². The van der Waals surface area contributed by atoms with Gasteiger partial charge in [0.2, 0.25) is 0 Å². The van der Waals surface area contributed by atoms with E-state index in [1.807, 2.05) is 12.1 Å². The Morgan fingerprint density at radius 2 is 1.85 bits per heavy atom. The molecule has 20 heavy (non-hydrogen) atoms. The number of carbonyl (C=O) groups is 1. The monoisotopic (exact) mass is 312 g/mol. The molecule has 1 nitrogen and oxygen atoms in total. The summed E-state index contributed by atoms with van der Waals surface area (Å²) in [5.74, 6) is 0.938. The minimum atomic E-state index is -0.0969. The Bertz CT molecular complexity index is 488. The molecule has 0 amide bonds. The van der Waals surface area contributed by atoms with Crippen molar-refractivity contribution in [2.24, 2.45) is 11.3 Å². The van der Waals surface area contributed by atoms with Crippen molar-refractivity contribution in [3.63, 3.8) is 0 Å². The largest absolute Gasteiger partial charge is 0.299 e. The van der Waals surface area contributed by atoms with Gasteiger partial charge in [0.1, 0.15) is 5.78 Å². The Labute approximate surface area is 131 Å². The Morgan fingerprint density at radius 3 is 2.40 bits per heavy atom. The van der Waals surface area contributed by atoms with Crippen molar-refractivity contribution < 1.29 is 4.79 Å². The van der Waals surface area contributed by atoms with Gasteiger partial charge >= 0.3 is 0 Å². The number of benzene rings is 1. The van der Waals surface area contributed by atoms with Crippen LogP contribution in [0.5, 0.6) is 0 Å². The standard InChI is InChI=1S/C17H22Cl2O/c1-12(2)11-17(7-3-4-8-17)16(20)10-13-5-6-14(18)15(19)9-13/h5-6,9,12H,3-4,7-8,10-11H2,1-2H3. The summed E-state index contributed by atoms with van der Waals surface area (Å²) in [6.45, 7) is 4.40. The van der Waals surface area contributed by atoms with Gasteiger partial charge in [-0.25, -0.2) is 0 Å². The summed E-state index contributed by atoms with van der Waals surface area (Å²) < 4.78 is 0. The van der Waals surface area contributed by atoms with Gasteiger partial charge in [0, 0.05) is 11.8 Å². The molecule has 0 atom stereocenters. The molecule has 0 bridgehead atoms. The Balaban J connectivity index is 2.14. The van der Waals surface area contributed by atoms with Crippen LogP contribution in [0, 0.1) is 11.3 Å². The van der Waals surface area contributed by atoms with E-state index < -0.39 is 0 Å². The molecule has 110 valence electrons. The molecule has 1 aliphatic rings. The van der Waals surface area contributed by atoms with Gasteiger partial charge in [-0.3, -0.25) is 4.79 Å². The first-order valence-corrected chi connectivity index (χ1v) is 8.16. The van der Waals surface area contributed by atoms with Crippen molar-refractivity contribution in [3.05, 3.63) is 33.8 Å². The van der Waals surface area contributed by atoms with Crippen LogP contribution in [0.25, 0.3) is 0 Å². The van der Waals surface area contributed by atoms with Gasteiger partial charge in [-0.05, 0) is 42.9 Å². The molecular formula is C17H22Cl2O. The van der Waals surface area contributed by atoms with Crippen LogP contribution in [0.15, 0.2) is 18.2 Å². The van der Waals surface area contributed by atoms with Crippen molar-refractivity contribution in [2.75, 3.05) is 0 Å². The van der Waals surface area contributed by atoms with E-state index in [4.69, 9.17) is 23.2 Å². The number of ketones is 1. The maximum Gasteiger partial charge on any atom is 0.143 e. The lowest BCUT2D eigenvalue weighted by molar-refractivity contribution is -0.128. The van der Waals surface area contributed by atoms with Gasteiger partial charge in [0.15, 0.2) is 0 Å². The lowest BCUT2D eigenvalue weighted by Gasteiger charge is -2.29. The van der Waals surface area contributed by atoms with Crippen molar-refractivity contribution in [3.8, 4) is 0 Å². The average Bonchev–Trinajstić information content (AvgIpc) is 2.83. The van der Waals surface area contributed by atoms with Crippen molar-refractivity contribution in [1.29, 1.82) is 0 Å². The van der Waals surface area contributed by atoms with Gasteiger partial charge in [-0.15, -0.1) is 0 Å². The van der Waals surface area contributed by atoms with E-state index in [0.717, 1.165) is 24.8 Å². The first-order valence-electron chi connectivity index (χ1n) is 7.40. The molecule has 1 saturated carbocycles. The Kier molecular flexibility index (Phi) is 5.14. The summed E-state index contributed by atoms with van der Waals surface area (Å²) in [7, 11) is 0. The molecule has 0 aromatic heterocycles. The summed E-state index contributed by atoms with van der Waals surface area (Å²) in [5.41, 5.74) is 0.875. The third kappa shape index (κ3) is 3.56. The van der Waals surface area contributed by atoms with Gasteiger partial charge in [-0.1, -0.05) is 56.0 Å². The van der Waals surface area contributed by atoms with Crippen molar-refractivity contribution in [1.82, 2.24) is 0 Å². The first kappa shape index (κ1) is 15.9. The maximum atomic E-state index is 12.8. The summed E-state index contributed by atoms with van der Waals surface area (Å²) in [4.78, 5) is 12.8. The number of rotatable bonds is 5. The van der Waals surface area contributed by atoms with Crippen LogP contribution in [0.1, 0.15) is 51.5 Å². The van der Waals surface area contributed by atoms with Gasteiger partial charge in [0.25, 0.3) is 0 Å². The van der Waals surface area contributed by atoms with E-state index in [1.54, 1.807) is 6.07 Å². The lowest BCUT2D eigenvalue weighted by atomic mass is 9.73. The Hall–Kier alpha value is -0.530. The minimum Gasteiger partial charge on any atom is -0.299 e. The molecule has 0 heterocycles. The first-order chi connectivity index (χ1) is 9.43. The minimum absolute atomic E-state index is 0.0969. The van der Waals surface area contributed by atoms with Crippen LogP contribution >= 0.6 is 23.2 Å². The molecule has 0 saturated heterocycles. The second kappa shape index (κ2) is 6.49. The predicted octanol–water partition coefficient (Wildman–Crippen LogP) is 5.71. The highest BCUT2D eigenvalue weighted by molar-refractivity contribution is 6.42. The van der Waals surface area contributed by atoms with Gasteiger partial charge in [0.05, 0.1) is 10.0 Å². The summed E-state index contributed by atoms with van der Waals surface area (Å²) in [5, 5.41) is 1.07. The van der Waals surface area contributed by atoms with E-state index in [0.29, 0.717) is 28.2 Å². The van der Waals surface area contributed by atoms with E-state index in [9.17, 15) is 4.79 Å². The second-order valence-electron chi connectivity index (χ2n) is 6.43. The van der Waals surface area contributed by atoms with E-state index in [-0.39, 0.29) is 5.41 Å². The molecule has 1 fully saturated rings. The zero-order chi connectivity index (χ0) is 14.8. The van der Waals surface area contributed by atoms with Crippen LogP contribution in [0.4, 0.5) is 0 Å². The molecule has 0 radical (unpaired) electrons. The normalized spacial score (nSPS) is 17.6. The topological polar surface area (TPSA) is 17.1 Å².